The first-order valence-electron chi connectivity index (χ1n) is 7.06. The van der Waals surface area contributed by atoms with Crippen LogP contribution in [0.25, 0.3) is 16.8 Å². The average molecular weight is 309 g/mol. The predicted octanol–water partition coefficient (Wildman–Crippen LogP) is 3.04. The van der Waals surface area contributed by atoms with Crippen molar-refractivity contribution in [2.24, 2.45) is 0 Å². The van der Waals surface area contributed by atoms with Crippen LogP contribution < -0.4 is 0 Å². The minimum atomic E-state index is 0.650. The van der Waals surface area contributed by atoms with Gasteiger partial charge in [-0.3, -0.25) is 0 Å². The number of aromatic nitrogens is 2. The number of nitrogens with zero attached hydrogens (tertiary/aromatic N) is 3. The van der Waals surface area contributed by atoms with E-state index in [0.717, 1.165) is 29.0 Å². The average Bonchev–Trinajstić information content (AvgIpc) is 2.83. The Balaban J connectivity index is 2.01. The third kappa shape index (κ3) is 2.85. The van der Waals surface area contributed by atoms with Crippen molar-refractivity contribution in [1.82, 2.24) is 14.5 Å². The van der Waals surface area contributed by atoms with Crippen molar-refractivity contribution in [3.05, 3.63) is 58.7 Å². The van der Waals surface area contributed by atoms with Crippen molar-refractivity contribution in [2.45, 2.75) is 6.54 Å². The molecule has 0 unspecified atom stereocenters. The molecule has 22 heavy (non-hydrogen) atoms. The number of rotatable bonds is 4. The van der Waals surface area contributed by atoms with Gasteiger partial charge in [-0.05, 0) is 0 Å². The quantitative estimate of drug-likeness (QED) is 0.691. The number of hydrogen-bond donors (Lipinski definition) is 0. The minimum absolute atomic E-state index is 0.650. The monoisotopic (exact) mass is 308 g/mol. The van der Waals surface area contributed by atoms with Crippen LogP contribution in [0.2, 0.25) is 5.02 Å². The molecule has 0 saturated carbocycles. The summed E-state index contributed by atoms with van der Waals surface area (Å²) >= 11 is 6.18. The van der Waals surface area contributed by atoms with Gasteiger partial charge in [0.15, 0.2) is 0 Å². The molecule has 0 fully saturated rings. The van der Waals surface area contributed by atoms with Gasteiger partial charge in [-0.1, -0.05) is 0 Å². The SMILES string of the molecule is [B]=Cc1cc(Cl)c2ccc(-c3ccc(CN(C)C)cc3)nn12. The molecule has 0 N–H and O–H groups in total. The normalized spacial score (nSPS) is 11.2. The number of benzene rings is 1. The first kappa shape index (κ1) is 15.0. The Morgan fingerprint density at radius 2 is 1.91 bits per heavy atom. The zero-order chi connectivity index (χ0) is 15.7. The Hall–Kier alpha value is -1.91. The second kappa shape index (κ2) is 6.07. The van der Waals surface area contributed by atoms with E-state index in [0.29, 0.717) is 5.02 Å². The molecule has 0 spiro atoms. The van der Waals surface area contributed by atoms with Crippen LogP contribution in [0.1, 0.15) is 11.3 Å². The van der Waals surface area contributed by atoms with Gasteiger partial charge in [0.1, 0.15) is 0 Å². The van der Waals surface area contributed by atoms with Gasteiger partial charge in [0.05, 0.1) is 0 Å². The van der Waals surface area contributed by atoms with Gasteiger partial charge in [0.2, 0.25) is 0 Å². The van der Waals surface area contributed by atoms with E-state index in [1.165, 1.54) is 11.5 Å². The molecule has 0 aliphatic rings. The first-order chi connectivity index (χ1) is 10.6. The van der Waals surface area contributed by atoms with E-state index in [4.69, 9.17) is 19.1 Å². The molecule has 0 amide bonds. The fraction of sp³-hybridized carbons (Fsp3) is 0.176. The second-order valence-corrected chi connectivity index (χ2v) is 5.94. The fourth-order valence-electron chi connectivity index (χ4n) is 2.48. The van der Waals surface area contributed by atoms with E-state index in [1.807, 2.05) is 18.2 Å². The van der Waals surface area contributed by atoms with Crippen molar-refractivity contribution >= 4 is 30.6 Å². The summed E-state index contributed by atoms with van der Waals surface area (Å²) in [5.74, 6) is 1.51. The number of hydrogen-bond acceptors (Lipinski definition) is 2. The number of fused-ring (bicyclic) bond motifs is 1. The Kier molecular flexibility index (Phi) is 4.14. The summed E-state index contributed by atoms with van der Waals surface area (Å²) in [4.78, 5) is 2.14. The maximum atomic E-state index is 6.18. The molecule has 2 heterocycles. The molecule has 0 saturated heterocycles. The summed E-state index contributed by atoms with van der Waals surface area (Å²) < 4.78 is 1.77. The van der Waals surface area contributed by atoms with Crippen molar-refractivity contribution in [3.8, 4) is 11.3 Å². The standard InChI is InChI=1S/C17H16BClN3/c1-21(2)11-12-3-5-13(6-4-12)16-7-8-17-15(19)9-14(10-18)22(17)20-16/h3-10H,11H2,1-2H3. The second-order valence-electron chi connectivity index (χ2n) is 5.53. The van der Waals surface area contributed by atoms with E-state index in [-0.39, 0.29) is 0 Å². The summed E-state index contributed by atoms with van der Waals surface area (Å²) in [6, 6.07) is 14.2. The number of halogens is 1. The Labute approximate surface area is 136 Å². The van der Waals surface area contributed by atoms with Gasteiger partial charge < -0.3 is 0 Å². The van der Waals surface area contributed by atoms with E-state index >= 15 is 0 Å². The van der Waals surface area contributed by atoms with Gasteiger partial charge in [-0.25, -0.2) is 0 Å². The molecule has 0 aliphatic heterocycles. The molecule has 0 aliphatic carbocycles. The van der Waals surface area contributed by atoms with Crippen LogP contribution in [-0.4, -0.2) is 42.1 Å². The molecule has 0 bridgehead atoms. The van der Waals surface area contributed by atoms with Crippen LogP contribution in [0.3, 0.4) is 0 Å². The van der Waals surface area contributed by atoms with Gasteiger partial charge in [-0.2, -0.15) is 0 Å². The maximum absolute atomic E-state index is 6.18. The van der Waals surface area contributed by atoms with Crippen molar-refractivity contribution < 1.29 is 0 Å². The van der Waals surface area contributed by atoms with Crippen molar-refractivity contribution in [3.63, 3.8) is 0 Å². The third-order valence-corrected chi connectivity index (χ3v) is 3.82. The third-order valence-electron chi connectivity index (χ3n) is 3.52. The molecule has 3 rings (SSSR count). The van der Waals surface area contributed by atoms with Gasteiger partial charge in [0.25, 0.3) is 0 Å². The summed E-state index contributed by atoms with van der Waals surface area (Å²) in [6.07, 6.45) is 0. The molecular weight excluding hydrogens is 292 g/mol. The Bertz CT molecular complexity index is 822. The van der Waals surface area contributed by atoms with Gasteiger partial charge in [-0.15, -0.1) is 0 Å². The summed E-state index contributed by atoms with van der Waals surface area (Å²) in [5.41, 5.74) is 4.86. The van der Waals surface area contributed by atoms with E-state index in [2.05, 4.69) is 48.4 Å². The van der Waals surface area contributed by atoms with E-state index in [9.17, 15) is 0 Å². The summed E-state index contributed by atoms with van der Waals surface area (Å²) in [7, 11) is 9.75. The van der Waals surface area contributed by atoms with Crippen molar-refractivity contribution in [2.75, 3.05) is 14.1 Å². The molecule has 5 heteroatoms. The van der Waals surface area contributed by atoms with Crippen LogP contribution in [-0.2, 0) is 6.54 Å². The molecular formula is C17H16BClN3. The Morgan fingerprint density at radius 1 is 1.18 bits per heavy atom. The van der Waals surface area contributed by atoms with Crippen LogP contribution in [0.4, 0.5) is 0 Å². The van der Waals surface area contributed by atoms with Crippen LogP contribution in [0.15, 0.2) is 42.5 Å². The molecule has 2 aromatic heterocycles. The molecule has 0 atom stereocenters. The van der Waals surface area contributed by atoms with E-state index in [1.54, 1.807) is 4.52 Å². The zero-order valence-electron chi connectivity index (χ0n) is 12.6. The van der Waals surface area contributed by atoms with Gasteiger partial charge >= 0.3 is 136 Å². The van der Waals surface area contributed by atoms with Crippen LogP contribution >= 0.6 is 11.6 Å². The van der Waals surface area contributed by atoms with Crippen LogP contribution in [0.5, 0.6) is 0 Å². The van der Waals surface area contributed by atoms with E-state index < -0.39 is 0 Å². The fourth-order valence-corrected chi connectivity index (χ4v) is 2.74. The summed E-state index contributed by atoms with van der Waals surface area (Å²) in [6.45, 7) is 0.923. The van der Waals surface area contributed by atoms with Gasteiger partial charge in [0, 0.05) is 0 Å². The van der Waals surface area contributed by atoms with Crippen molar-refractivity contribution in [1.29, 1.82) is 0 Å². The van der Waals surface area contributed by atoms with Crippen LogP contribution in [0, 0.1) is 0 Å². The topological polar surface area (TPSA) is 20.5 Å². The molecule has 1 radical (unpaired) electrons. The summed E-state index contributed by atoms with van der Waals surface area (Å²) in [5, 5.41) is 5.29. The molecule has 1 aromatic carbocycles. The molecule has 3 aromatic rings. The zero-order valence-corrected chi connectivity index (χ0v) is 13.4. The molecule has 109 valence electrons. The molecule has 3 nitrogen and oxygen atoms in total. The predicted molar refractivity (Wildman–Crippen MR) is 93.9 cm³/mol. The first-order valence-corrected chi connectivity index (χ1v) is 7.43. The Morgan fingerprint density at radius 3 is 2.55 bits per heavy atom.